The fourth-order valence-electron chi connectivity index (χ4n) is 1.91. The van der Waals surface area contributed by atoms with Crippen LogP contribution in [0.25, 0.3) is 0 Å². The minimum atomic E-state index is -3.88. The molecule has 9 heteroatoms. The topological polar surface area (TPSA) is 102 Å². The van der Waals surface area contributed by atoms with Gasteiger partial charge in [0.05, 0.1) is 18.4 Å². The lowest BCUT2D eigenvalue weighted by Crippen LogP contribution is -2.33. The molecule has 0 saturated carbocycles. The number of aromatic nitrogens is 1. The summed E-state index contributed by atoms with van der Waals surface area (Å²) < 4.78 is 43.2. The summed E-state index contributed by atoms with van der Waals surface area (Å²) in [4.78, 5) is 27.0. The maximum atomic E-state index is 12.8. The second-order valence-electron chi connectivity index (χ2n) is 5.05. The smallest absolute Gasteiger partial charge is 0.356 e. The Balaban J connectivity index is 1.98. The highest BCUT2D eigenvalue weighted by atomic mass is 32.2. The van der Waals surface area contributed by atoms with Gasteiger partial charge in [-0.25, -0.2) is 27.3 Å². The number of nitrogens with zero attached hydrogens (tertiary/aromatic N) is 1. The first-order valence-corrected chi connectivity index (χ1v) is 8.79. The first kappa shape index (κ1) is 18.5. The van der Waals surface area contributed by atoms with Crippen molar-refractivity contribution < 1.29 is 27.1 Å². The van der Waals surface area contributed by atoms with Crippen LogP contribution in [-0.4, -0.2) is 38.1 Å². The van der Waals surface area contributed by atoms with Crippen LogP contribution in [0.2, 0.25) is 0 Å². The highest BCUT2D eigenvalue weighted by Crippen LogP contribution is 2.06. The number of ether oxygens (including phenoxy) is 1. The summed E-state index contributed by atoms with van der Waals surface area (Å²) in [5.41, 5.74) is 0.611. The Bertz CT molecular complexity index is 864. The molecule has 0 bridgehead atoms. The number of sulfonamides is 1. The maximum Gasteiger partial charge on any atom is 0.356 e. The van der Waals surface area contributed by atoms with Crippen molar-refractivity contribution in [1.82, 2.24) is 9.71 Å². The van der Waals surface area contributed by atoms with Crippen LogP contribution in [0, 0.1) is 5.82 Å². The van der Waals surface area contributed by atoms with Gasteiger partial charge in [-0.1, -0.05) is 12.1 Å². The Labute approximate surface area is 143 Å². The largest absolute Gasteiger partial charge is 0.464 e. The average molecular weight is 366 g/mol. The summed E-state index contributed by atoms with van der Waals surface area (Å²) in [5.74, 6) is -2.28. The normalized spacial score (nSPS) is 11.0. The molecule has 0 aliphatic heterocycles. The standard InChI is InChI=1S/C16H15FN2O5S/c1-24-16(21)14-7-4-12(10-18-14)15(20)19-25(22,23)9-8-11-2-5-13(17)6-3-11/h2-7,10H,8-9H2,1H3,(H,19,20). The number of benzene rings is 1. The lowest BCUT2D eigenvalue weighted by atomic mass is 10.2. The van der Waals surface area contributed by atoms with Gasteiger partial charge < -0.3 is 4.74 Å². The van der Waals surface area contributed by atoms with Gasteiger partial charge in [0.15, 0.2) is 0 Å². The van der Waals surface area contributed by atoms with Gasteiger partial charge in [0, 0.05) is 6.20 Å². The first-order chi connectivity index (χ1) is 11.8. The third-order valence-electron chi connectivity index (χ3n) is 3.24. The molecule has 1 amide bonds. The van der Waals surface area contributed by atoms with Crippen LogP contribution in [0.5, 0.6) is 0 Å². The zero-order chi connectivity index (χ0) is 18.4. The highest BCUT2D eigenvalue weighted by molar-refractivity contribution is 7.90. The van der Waals surface area contributed by atoms with Crippen molar-refractivity contribution in [3.8, 4) is 0 Å². The number of pyridine rings is 1. The van der Waals surface area contributed by atoms with Gasteiger partial charge in [-0.3, -0.25) is 4.79 Å². The molecule has 0 unspecified atom stereocenters. The van der Waals surface area contributed by atoms with Crippen molar-refractivity contribution in [2.24, 2.45) is 0 Å². The number of nitrogens with one attached hydrogen (secondary N) is 1. The number of carbonyl (C=O) groups excluding carboxylic acids is 2. The number of halogens is 1. The average Bonchev–Trinajstić information content (AvgIpc) is 2.60. The van der Waals surface area contributed by atoms with Gasteiger partial charge in [0.25, 0.3) is 5.91 Å². The van der Waals surface area contributed by atoms with Crippen molar-refractivity contribution >= 4 is 21.9 Å². The molecule has 0 aliphatic carbocycles. The second kappa shape index (κ2) is 7.84. The maximum absolute atomic E-state index is 12.8. The zero-order valence-electron chi connectivity index (χ0n) is 13.2. The minimum absolute atomic E-state index is 0.00165. The van der Waals surface area contributed by atoms with Crippen LogP contribution in [0.3, 0.4) is 0 Å². The van der Waals surface area contributed by atoms with E-state index in [0.717, 1.165) is 6.20 Å². The quantitative estimate of drug-likeness (QED) is 0.774. The Morgan fingerprint density at radius 2 is 1.84 bits per heavy atom. The molecule has 1 aromatic heterocycles. The molecule has 1 N–H and O–H groups in total. The molecule has 7 nitrogen and oxygen atoms in total. The van der Waals surface area contributed by atoms with E-state index in [1.807, 2.05) is 4.72 Å². The number of esters is 1. The van der Waals surface area contributed by atoms with Crippen molar-refractivity contribution in [2.45, 2.75) is 6.42 Å². The monoisotopic (exact) mass is 366 g/mol. The van der Waals surface area contributed by atoms with Gasteiger partial charge in [-0.2, -0.15) is 0 Å². The van der Waals surface area contributed by atoms with Crippen LogP contribution in [-0.2, 0) is 21.2 Å². The molecule has 132 valence electrons. The second-order valence-corrected chi connectivity index (χ2v) is 6.89. The third kappa shape index (κ3) is 5.35. The van der Waals surface area contributed by atoms with E-state index in [1.165, 1.54) is 43.5 Å². The predicted octanol–water partition coefficient (Wildman–Crippen LogP) is 1.31. The van der Waals surface area contributed by atoms with Gasteiger partial charge >= 0.3 is 5.97 Å². The van der Waals surface area contributed by atoms with Crippen molar-refractivity contribution in [2.75, 3.05) is 12.9 Å². The van der Waals surface area contributed by atoms with Crippen molar-refractivity contribution in [1.29, 1.82) is 0 Å². The SMILES string of the molecule is COC(=O)c1ccc(C(=O)NS(=O)(=O)CCc2ccc(F)cc2)cn1. The summed E-state index contributed by atoms with van der Waals surface area (Å²) in [5, 5.41) is 0. The van der Waals surface area contributed by atoms with E-state index in [9.17, 15) is 22.4 Å². The van der Waals surface area contributed by atoms with E-state index < -0.39 is 27.7 Å². The fraction of sp³-hybridized carbons (Fsp3) is 0.188. The van der Waals surface area contributed by atoms with E-state index in [1.54, 1.807) is 0 Å². The number of aryl methyl sites for hydroxylation is 1. The van der Waals surface area contributed by atoms with E-state index in [0.29, 0.717) is 5.56 Å². The van der Waals surface area contributed by atoms with E-state index in [2.05, 4.69) is 9.72 Å². The number of carbonyl (C=O) groups is 2. The van der Waals surface area contributed by atoms with E-state index >= 15 is 0 Å². The van der Waals surface area contributed by atoms with Gasteiger partial charge in [0.1, 0.15) is 11.5 Å². The van der Waals surface area contributed by atoms with Crippen LogP contribution in [0.1, 0.15) is 26.4 Å². The van der Waals surface area contributed by atoms with Crippen molar-refractivity contribution in [3.05, 3.63) is 65.2 Å². The molecule has 1 heterocycles. The number of rotatable bonds is 6. The summed E-state index contributed by atoms with van der Waals surface area (Å²) in [6, 6.07) is 7.93. The van der Waals surface area contributed by atoms with Gasteiger partial charge in [-0.05, 0) is 36.2 Å². The summed E-state index contributed by atoms with van der Waals surface area (Å²) >= 11 is 0. The summed E-state index contributed by atoms with van der Waals surface area (Å²) in [6.07, 6.45) is 1.21. The summed E-state index contributed by atoms with van der Waals surface area (Å²) in [6.45, 7) is 0. The van der Waals surface area contributed by atoms with E-state index in [4.69, 9.17) is 0 Å². The number of hydrogen-bond acceptors (Lipinski definition) is 6. The molecule has 0 saturated heterocycles. The van der Waals surface area contributed by atoms with E-state index in [-0.39, 0.29) is 23.4 Å². The lowest BCUT2D eigenvalue weighted by molar-refractivity contribution is 0.0593. The number of hydrogen-bond donors (Lipinski definition) is 1. The minimum Gasteiger partial charge on any atom is -0.464 e. The molecular weight excluding hydrogens is 351 g/mol. The fourth-order valence-corrected chi connectivity index (χ4v) is 2.91. The number of amides is 1. The molecular formula is C16H15FN2O5S. The Morgan fingerprint density at radius 3 is 2.40 bits per heavy atom. The van der Waals surface area contributed by atoms with Crippen LogP contribution < -0.4 is 4.72 Å². The summed E-state index contributed by atoms with van der Waals surface area (Å²) in [7, 11) is -2.69. The van der Waals surface area contributed by atoms with Crippen LogP contribution >= 0.6 is 0 Å². The van der Waals surface area contributed by atoms with Crippen LogP contribution in [0.4, 0.5) is 4.39 Å². The van der Waals surface area contributed by atoms with Gasteiger partial charge in [0.2, 0.25) is 10.0 Å². The lowest BCUT2D eigenvalue weighted by Gasteiger charge is -2.07. The molecule has 0 radical (unpaired) electrons. The van der Waals surface area contributed by atoms with Gasteiger partial charge in [-0.15, -0.1) is 0 Å². The van der Waals surface area contributed by atoms with Crippen LogP contribution in [0.15, 0.2) is 42.6 Å². The predicted molar refractivity (Wildman–Crippen MR) is 86.9 cm³/mol. The molecule has 1 aromatic carbocycles. The first-order valence-electron chi connectivity index (χ1n) is 7.14. The molecule has 2 rings (SSSR count). The van der Waals surface area contributed by atoms with Crippen molar-refractivity contribution in [3.63, 3.8) is 0 Å². The molecule has 0 spiro atoms. The molecule has 25 heavy (non-hydrogen) atoms. The zero-order valence-corrected chi connectivity index (χ0v) is 14.0. The highest BCUT2D eigenvalue weighted by Gasteiger charge is 2.17. The number of methoxy groups -OCH3 is 1. The Hall–Kier alpha value is -2.81. The molecule has 0 aliphatic rings. The molecule has 0 atom stereocenters. The Kier molecular flexibility index (Phi) is 5.81. The molecule has 0 fully saturated rings. The Morgan fingerprint density at radius 1 is 1.16 bits per heavy atom. The third-order valence-corrected chi connectivity index (χ3v) is 4.48. The molecule has 2 aromatic rings.